The molecule has 0 fully saturated rings. The molecule has 0 saturated heterocycles. The molecule has 1 aromatic carbocycles. The Labute approximate surface area is 98.0 Å². The molecule has 16 heavy (non-hydrogen) atoms. The van der Waals surface area contributed by atoms with Crippen LogP contribution in [0.15, 0.2) is 24.3 Å². The molecule has 1 N–H and O–H groups in total. The summed E-state index contributed by atoms with van der Waals surface area (Å²) >= 11 is 0. The number of nitrogens with one attached hydrogen (secondary N) is 1. The van der Waals surface area contributed by atoms with E-state index in [-0.39, 0.29) is 0 Å². The number of para-hydroxylation sites is 1. The van der Waals surface area contributed by atoms with Gasteiger partial charge in [0.05, 0.1) is 6.10 Å². The maximum absolute atomic E-state index is 5.59. The fraction of sp³-hybridized carbons (Fsp3) is 0.571. The fourth-order valence-corrected chi connectivity index (χ4v) is 2.16. The van der Waals surface area contributed by atoms with E-state index in [1.54, 1.807) is 0 Å². The third-order valence-corrected chi connectivity index (χ3v) is 3.06. The zero-order valence-corrected chi connectivity index (χ0v) is 10.2. The number of hydrogen-bond donors (Lipinski definition) is 1. The highest BCUT2D eigenvalue weighted by atomic mass is 16.5. The second-order valence-electron chi connectivity index (χ2n) is 4.75. The quantitative estimate of drug-likeness (QED) is 0.839. The Morgan fingerprint density at radius 1 is 1.38 bits per heavy atom. The van der Waals surface area contributed by atoms with Gasteiger partial charge in [-0.3, -0.25) is 0 Å². The molecule has 1 aliphatic rings. The Morgan fingerprint density at radius 3 is 3.00 bits per heavy atom. The van der Waals surface area contributed by atoms with E-state index in [2.05, 4.69) is 43.4 Å². The minimum atomic E-state index is 0.343. The third-order valence-electron chi connectivity index (χ3n) is 3.06. The lowest BCUT2D eigenvalue weighted by Gasteiger charge is -2.27. The lowest BCUT2D eigenvalue weighted by atomic mass is 9.96. The van der Waals surface area contributed by atoms with E-state index < -0.39 is 0 Å². The van der Waals surface area contributed by atoms with E-state index in [1.807, 2.05) is 0 Å². The van der Waals surface area contributed by atoms with Crippen molar-refractivity contribution in [2.24, 2.45) is 0 Å². The van der Waals surface area contributed by atoms with Crippen LogP contribution in [0, 0.1) is 0 Å². The average Bonchev–Trinajstić information content (AvgIpc) is 2.28. The Hall–Kier alpha value is -1.02. The van der Waals surface area contributed by atoms with Crippen molar-refractivity contribution in [3.05, 3.63) is 29.8 Å². The summed E-state index contributed by atoms with van der Waals surface area (Å²) in [7, 11) is 0. The second kappa shape index (κ2) is 5.35. The number of hydrogen-bond acceptors (Lipinski definition) is 2. The Balaban J connectivity index is 1.83. The molecule has 0 bridgehead atoms. The summed E-state index contributed by atoms with van der Waals surface area (Å²) in [6, 6.07) is 9.17. The van der Waals surface area contributed by atoms with Gasteiger partial charge in [-0.2, -0.15) is 0 Å². The highest BCUT2D eigenvalue weighted by Gasteiger charge is 2.16. The van der Waals surface area contributed by atoms with Gasteiger partial charge in [-0.15, -0.1) is 0 Å². The summed E-state index contributed by atoms with van der Waals surface area (Å²) in [5.41, 5.74) is 2.76. The minimum Gasteiger partial charge on any atom is -0.382 e. The topological polar surface area (TPSA) is 21.3 Å². The van der Waals surface area contributed by atoms with Crippen molar-refractivity contribution in [1.29, 1.82) is 0 Å². The van der Waals surface area contributed by atoms with Crippen molar-refractivity contribution in [2.75, 3.05) is 11.9 Å². The first-order chi connectivity index (χ1) is 7.75. The molecule has 1 heterocycles. The first-order valence-corrected chi connectivity index (χ1v) is 6.22. The number of anilines is 1. The van der Waals surface area contributed by atoms with Crippen molar-refractivity contribution < 1.29 is 4.74 Å². The summed E-state index contributed by atoms with van der Waals surface area (Å²) < 4.78 is 5.59. The van der Waals surface area contributed by atoms with Crippen LogP contribution in [0.2, 0.25) is 0 Å². The molecule has 1 atom stereocenters. The molecule has 0 aromatic heterocycles. The van der Waals surface area contributed by atoms with Gasteiger partial charge in [0.2, 0.25) is 0 Å². The first-order valence-electron chi connectivity index (χ1n) is 6.22. The molecule has 0 radical (unpaired) electrons. The number of fused-ring (bicyclic) bond motifs is 1. The molecule has 2 nitrogen and oxygen atoms in total. The largest absolute Gasteiger partial charge is 0.382 e. The van der Waals surface area contributed by atoms with Crippen LogP contribution in [0.25, 0.3) is 0 Å². The molecule has 0 spiro atoms. The summed E-state index contributed by atoms with van der Waals surface area (Å²) in [5.74, 6) is 0. The summed E-state index contributed by atoms with van der Waals surface area (Å²) in [6.07, 6.45) is 3.86. The maximum Gasteiger partial charge on any atom is 0.0518 e. The Bertz CT molecular complexity index is 335. The summed E-state index contributed by atoms with van der Waals surface area (Å²) in [4.78, 5) is 0. The average molecular weight is 219 g/mol. The van der Waals surface area contributed by atoms with E-state index in [9.17, 15) is 0 Å². The van der Waals surface area contributed by atoms with E-state index in [1.165, 1.54) is 24.1 Å². The van der Waals surface area contributed by atoms with Crippen molar-refractivity contribution in [1.82, 2.24) is 0 Å². The van der Waals surface area contributed by atoms with Gasteiger partial charge in [-0.1, -0.05) is 18.2 Å². The van der Waals surface area contributed by atoms with Crippen molar-refractivity contribution in [2.45, 2.75) is 45.3 Å². The number of rotatable bonds is 4. The van der Waals surface area contributed by atoms with Gasteiger partial charge in [0.1, 0.15) is 0 Å². The van der Waals surface area contributed by atoms with E-state index >= 15 is 0 Å². The smallest absolute Gasteiger partial charge is 0.0518 e. The molecule has 0 amide bonds. The van der Waals surface area contributed by atoms with Crippen molar-refractivity contribution in [3.8, 4) is 0 Å². The van der Waals surface area contributed by atoms with Crippen molar-refractivity contribution in [3.63, 3.8) is 0 Å². The molecular formula is C14H21NO. The molecule has 0 saturated carbocycles. The highest BCUT2D eigenvalue weighted by Crippen LogP contribution is 2.25. The Morgan fingerprint density at radius 2 is 2.19 bits per heavy atom. The molecule has 1 unspecified atom stereocenters. The molecule has 1 aromatic rings. The molecule has 0 aliphatic carbocycles. The zero-order valence-electron chi connectivity index (χ0n) is 10.2. The third kappa shape index (κ3) is 2.99. The standard InChI is InChI=1S/C14H21NO/c1-11(2)16-10-9-13-8-7-12-5-3-4-6-14(12)15-13/h3-6,11,13,15H,7-10H2,1-2H3. The number of aryl methyl sites for hydroxylation is 1. The van der Waals surface area contributed by atoms with E-state index in [4.69, 9.17) is 4.74 Å². The lowest BCUT2D eigenvalue weighted by molar-refractivity contribution is 0.0741. The second-order valence-corrected chi connectivity index (χ2v) is 4.75. The van der Waals surface area contributed by atoms with Gasteiger partial charge in [-0.25, -0.2) is 0 Å². The van der Waals surface area contributed by atoms with Gasteiger partial charge in [0, 0.05) is 18.3 Å². The normalized spacial score (nSPS) is 19.3. The van der Waals surface area contributed by atoms with Crippen LogP contribution in [0.4, 0.5) is 5.69 Å². The molecular weight excluding hydrogens is 198 g/mol. The predicted octanol–water partition coefficient (Wildman–Crippen LogP) is 3.23. The highest BCUT2D eigenvalue weighted by molar-refractivity contribution is 5.53. The van der Waals surface area contributed by atoms with Gasteiger partial charge < -0.3 is 10.1 Å². The Kier molecular flexibility index (Phi) is 3.83. The summed E-state index contributed by atoms with van der Waals surface area (Å²) in [6.45, 7) is 5.03. The lowest BCUT2D eigenvalue weighted by Crippen LogP contribution is -2.27. The van der Waals surface area contributed by atoms with E-state index in [0.717, 1.165) is 13.0 Å². The summed E-state index contributed by atoms with van der Waals surface area (Å²) in [5, 5.41) is 3.59. The predicted molar refractivity (Wildman–Crippen MR) is 67.9 cm³/mol. The van der Waals surface area contributed by atoms with E-state index in [0.29, 0.717) is 12.1 Å². The molecule has 1 aliphatic heterocycles. The monoisotopic (exact) mass is 219 g/mol. The first kappa shape index (κ1) is 11.5. The number of benzene rings is 1. The van der Waals surface area contributed by atoms with Crippen LogP contribution in [0.3, 0.4) is 0 Å². The zero-order chi connectivity index (χ0) is 11.4. The minimum absolute atomic E-state index is 0.343. The van der Waals surface area contributed by atoms with Crippen LogP contribution in [0.1, 0.15) is 32.3 Å². The van der Waals surface area contributed by atoms with Crippen LogP contribution >= 0.6 is 0 Å². The van der Waals surface area contributed by atoms with Gasteiger partial charge in [0.25, 0.3) is 0 Å². The molecule has 88 valence electrons. The SMILES string of the molecule is CC(C)OCCC1CCc2ccccc2N1. The fourth-order valence-electron chi connectivity index (χ4n) is 2.16. The molecule has 2 rings (SSSR count). The molecule has 2 heteroatoms. The van der Waals surface area contributed by atoms with Crippen LogP contribution in [-0.4, -0.2) is 18.8 Å². The number of ether oxygens (including phenoxy) is 1. The van der Waals surface area contributed by atoms with Crippen LogP contribution in [0.5, 0.6) is 0 Å². The maximum atomic E-state index is 5.59. The van der Waals surface area contributed by atoms with Crippen molar-refractivity contribution >= 4 is 5.69 Å². The van der Waals surface area contributed by atoms with Crippen LogP contribution in [-0.2, 0) is 11.2 Å². The van der Waals surface area contributed by atoms with Gasteiger partial charge >= 0.3 is 0 Å². The van der Waals surface area contributed by atoms with Crippen LogP contribution < -0.4 is 5.32 Å². The van der Waals surface area contributed by atoms with Gasteiger partial charge in [0.15, 0.2) is 0 Å². The van der Waals surface area contributed by atoms with Gasteiger partial charge in [-0.05, 0) is 44.7 Å².